The van der Waals surface area contributed by atoms with Crippen LogP contribution >= 0.6 is 0 Å². The van der Waals surface area contributed by atoms with Gasteiger partial charge in [0.25, 0.3) is 0 Å². The van der Waals surface area contributed by atoms with Crippen LogP contribution < -0.4 is 0 Å². The molecular formula is C20H17F2NO3. The van der Waals surface area contributed by atoms with Gasteiger partial charge in [-0.05, 0) is 36.2 Å². The largest absolute Gasteiger partial charge is 0.469 e. The minimum Gasteiger partial charge on any atom is -0.469 e. The van der Waals surface area contributed by atoms with Crippen molar-refractivity contribution in [1.29, 1.82) is 0 Å². The summed E-state index contributed by atoms with van der Waals surface area (Å²) < 4.78 is 31.8. The molecule has 0 radical (unpaired) electrons. The number of fused-ring (bicyclic) bond motifs is 1. The molecule has 0 saturated heterocycles. The average molecular weight is 357 g/mol. The number of carbonyl (C=O) groups is 2. The molecule has 134 valence electrons. The molecule has 0 aliphatic rings. The molecule has 4 nitrogen and oxygen atoms in total. The Morgan fingerprint density at radius 2 is 1.92 bits per heavy atom. The van der Waals surface area contributed by atoms with Gasteiger partial charge in [0, 0.05) is 29.6 Å². The number of hydrogen-bond acceptors (Lipinski definition) is 3. The highest BCUT2D eigenvalue weighted by molar-refractivity contribution is 6.01. The molecule has 0 amide bonds. The number of aromatic amines is 1. The number of halogens is 2. The number of nitrogens with one attached hydrogen (secondary N) is 1. The summed E-state index contributed by atoms with van der Waals surface area (Å²) in [6.45, 7) is 1.94. The Bertz CT molecular complexity index is 994. The molecule has 2 aromatic carbocycles. The standard InChI is InChI=1S/C20H17F2NO3/c1-11-3-5-13-16(10-23-18(13)7-11)15(20(25)26-2)9-19(24)14-6-4-12(21)8-17(14)22/h3-8,10,15,23H,9H2,1-2H3. The predicted octanol–water partition coefficient (Wildman–Crippen LogP) is 4.28. The molecule has 3 aromatic rings. The third-order valence-electron chi connectivity index (χ3n) is 4.35. The predicted molar refractivity (Wildman–Crippen MR) is 93.1 cm³/mol. The fourth-order valence-corrected chi connectivity index (χ4v) is 3.02. The van der Waals surface area contributed by atoms with Crippen molar-refractivity contribution in [1.82, 2.24) is 4.98 Å². The van der Waals surface area contributed by atoms with E-state index in [0.29, 0.717) is 11.6 Å². The number of esters is 1. The van der Waals surface area contributed by atoms with Crippen LogP contribution in [0.15, 0.2) is 42.6 Å². The third kappa shape index (κ3) is 3.35. The molecule has 6 heteroatoms. The lowest BCUT2D eigenvalue weighted by Gasteiger charge is -2.14. The monoisotopic (exact) mass is 357 g/mol. The van der Waals surface area contributed by atoms with Crippen LogP contribution in [-0.2, 0) is 9.53 Å². The zero-order chi connectivity index (χ0) is 18.8. The van der Waals surface area contributed by atoms with E-state index < -0.39 is 29.3 Å². The number of ether oxygens (including phenoxy) is 1. The number of aryl methyl sites for hydroxylation is 1. The number of methoxy groups -OCH3 is 1. The van der Waals surface area contributed by atoms with Crippen molar-refractivity contribution in [3.05, 3.63) is 70.9 Å². The Morgan fingerprint density at radius 1 is 1.15 bits per heavy atom. The second kappa shape index (κ2) is 7.07. The van der Waals surface area contributed by atoms with Crippen LogP contribution in [0, 0.1) is 18.6 Å². The van der Waals surface area contributed by atoms with E-state index in [1.165, 1.54) is 7.11 Å². The Hall–Kier alpha value is -3.02. The molecule has 1 heterocycles. The fraction of sp³-hybridized carbons (Fsp3) is 0.200. The Balaban J connectivity index is 1.98. The van der Waals surface area contributed by atoms with Crippen molar-refractivity contribution in [2.24, 2.45) is 0 Å². The number of ketones is 1. The van der Waals surface area contributed by atoms with Crippen LogP contribution in [0.25, 0.3) is 10.9 Å². The quantitative estimate of drug-likeness (QED) is 0.548. The van der Waals surface area contributed by atoms with E-state index in [2.05, 4.69) is 4.98 Å². The summed E-state index contributed by atoms with van der Waals surface area (Å²) >= 11 is 0. The van der Waals surface area contributed by atoms with Gasteiger partial charge in [0.2, 0.25) is 0 Å². The van der Waals surface area contributed by atoms with E-state index in [9.17, 15) is 18.4 Å². The summed E-state index contributed by atoms with van der Waals surface area (Å²) in [5.74, 6) is -3.81. The van der Waals surface area contributed by atoms with Crippen molar-refractivity contribution in [2.45, 2.75) is 19.3 Å². The number of benzene rings is 2. The Labute approximate surface area is 148 Å². The molecule has 0 aliphatic heterocycles. The SMILES string of the molecule is COC(=O)C(CC(=O)c1ccc(F)cc1F)c1c[nH]c2cc(C)ccc12. The molecule has 3 rings (SSSR count). The first-order valence-corrected chi connectivity index (χ1v) is 8.04. The maximum absolute atomic E-state index is 13.9. The van der Waals surface area contributed by atoms with Gasteiger partial charge >= 0.3 is 5.97 Å². The fourth-order valence-electron chi connectivity index (χ4n) is 3.02. The van der Waals surface area contributed by atoms with Crippen molar-refractivity contribution >= 4 is 22.7 Å². The van der Waals surface area contributed by atoms with Gasteiger partial charge in [0.15, 0.2) is 5.78 Å². The van der Waals surface area contributed by atoms with Crippen LogP contribution in [0.3, 0.4) is 0 Å². The van der Waals surface area contributed by atoms with Gasteiger partial charge in [0.05, 0.1) is 18.6 Å². The van der Waals surface area contributed by atoms with Crippen LogP contribution in [0.4, 0.5) is 8.78 Å². The Morgan fingerprint density at radius 3 is 2.62 bits per heavy atom. The highest BCUT2D eigenvalue weighted by Crippen LogP contribution is 2.31. The maximum Gasteiger partial charge on any atom is 0.313 e. The number of carbonyl (C=O) groups excluding carboxylic acids is 2. The smallest absolute Gasteiger partial charge is 0.313 e. The van der Waals surface area contributed by atoms with Gasteiger partial charge in [-0.3, -0.25) is 9.59 Å². The minimum atomic E-state index is -0.951. The summed E-state index contributed by atoms with van der Waals surface area (Å²) in [4.78, 5) is 27.9. The molecule has 0 fully saturated rings. The number of H-pyrrole nitrogens is 1. The molecule has 0 saturated carbocycles. The zero-order valence-corrected chi connectivity index (χ0v) is 14.3. The molecule has 1 N–H and O–H groups in total. The second-order valence-electron chi connectivity index (χ2n) is 6.12. The number of Topliss-reactive ketones (excluding diaryl/α,β-unsaturated/α-hetero) is 1. The van der Waals surface area contributed by atoms with Gasteiger partial charge in [-0.15, -0.1) is 0 Å². The van der Waals surface area contributed by atoms with Crippen molar-refractivity contribution in [2.75, 3.05) is 7.11 Å². The molecule has 1 unspecified atom stereocenters. The molecule has 0 spiro atoms. The van der Waals surface area contributed by atoms with E-state index >= 15 is 0 Å². The summed E-state index contributed by atoms with van der Waals surface area (Å²) in [5.41, 5.74) is 2.22. The first kappa shape index (κ1) is 17.8. The van der Waals surface area contributed by atoms with Crippen molar-refractivity contribution in [3.8, 4) is 0 Å². The highest BCUT2D eigenvalue weighted by atomic mass is 19.1. The molecule has 0 aliphatic carbocycles. The van der Waals surface area contributed by atoms with Gasteiger partial charge in [-0.2, -0.15) is 0 Å². The van der Waals surface area contributed by atoms with Gasteiger partial charge < -0.3 is 9.72 Å². The van der Waals surface area contributed by atoms with E-state index in [0.717, 1.165) is 28.6 Å². The zero-order valence-electron chi connectivity index (χ0n) is 14.3. The number of rotatable bonds is 5. The van der Waals surface area contributed by atoms with E-state index in [1.54, 1.807) is 6.20 Å². The minimum absolute atomic E-state index is 0.254. The van der Waals surface area contributed by atoms with Crippen LogP contribution in [-0.4, -0.2) is 23.8 Å². The average Bonchev–Trinajstić information content (AvgIpc) is 3.01. The molecular weight excluding hydrogens is 340 g/mol. The van der Waals surface area contributed by atoms with Crippen molar-refractivity contribution in [3.63, 3.8) is 0 Å². The van der Waals surface area contributed by atoms with Crippen LogP contribution in [0.5, 0.6) is 0 Å². The molecule has 0 bridgehead atoms. The highest BCUT2D eigenvalue weighted by Gasteiger charge is 2.28. The number of hydrogen-bond donors (Lipinski definition) is 1. The lowest BCUT2D eigenvalue weighted by atomic mass is 9.91. The topological polar surface area (TPSA) is 59.2 Å². The first-order valence-electron chi connectivity index (χ1n) is 8.04. The molecule has 26 heavy (non-hydrogen) atoms. The summed E-state index contributed by atoms with van der Waals surface area (Å²) in [6.07, 6.45) is 1.37. The lowest BCUT2D eigenvalue weighted by molar-refractivity contribution is -0.142. The summed E-state index contributed by atoms with van der Waals surface area (Å²) in [5, 5.41) is 0.790. The van der Waals surface area contributed by atoms with Gasteiger partial charge in [-0.1, -0.05) is 12.1 Å². The summed E-state index contributed by atoms with van der Waals surface area (Å²) in [7, 11) is 1.23. The Kier molecular flexibility index (Phi) is 4.84. The van der Waals surface area contributed by atoms with E-state index in [1.807, 2.05) is 25.1 Å². The normalized spacial score (nSPS) is 12.2. The maximum atomic E-state index is 13.9. The molecule has 1 aromatic heterocycles. The van der Waals surface area contributed by atoms with Crippen LogP contribution in [0.1, 0.15) is 33.8 Å². The van der Waals surface area contributed by atoms with E-state index in [-0.39, 0.29) is 12.0 Å². The second-order valence-corrected chi connectivity index (χ2v) is 6.12. The lowest BCUT2D eigenvalue weighted by Crippen LogP contribution is -2.18. The van der Waals surface area contributed by atoms with Gasteiger partial charge in [-0.25, -0.2) is 8.78 Å². The molecule has 1 atom stereocenters. The first-order chi connectivity index (χ1) is 12.4. The van der Waals surface area contributed by atoms with Crippen molar-refractivity contribution < 1.29 is 23.1 Å². The number of aromatic nitrogens is 1. The van der Waals surface area contributed by atoms with E-state index in [4.69, 9.17) is 4.74 Å². The summed E-state index contributed by atoms with van der Waals surface area (Å²) in [6, 6.07) is 8.42. The van der Waals surface area contributed by atoms with Crippen LogP contribution in [0.2, 0.25) is 0 Å². The van der Waals surface area contributed by atoms with Gasteiger partial charge in [0.1, 0.15) is 11.6 Å². The third-order valence-corrected chi connectivity index (χ3v) is 4.35.